The summed E-state index contributed by atoms with van der Waals surface area (Å²) >= 11 is 0. The van der Waals surface area contributed by atoms with Gasteiger partial charge in [0.05, 0.1) is 17.6 Å². The molecule has 0 fully saturated rings. The molecule has 0 saturated heterocycles. The number of halogens is 1. The van der Waals surface area contributed by atoms with Gasteiger partial charge in [-0.05, 0) is 29.8 Å². The first kappa shape index (κ1) is 15.7. The highest BCUT2D eigenvalue weighted by Gasteiger charge is 2.56. The van der Waals surface area contributed by atoms with Gasteiger partial charge in [0.1, 0.15) is 17.1 Å². The molecule has 1 N–H and O–H groups in total. The maximum Gasteiger partial charge on any atom is 0.242 e. The minimum Gasteiger partial charge on any atom is -0.314 e. The fourth-order valence-corrected chi connectivity index (χ4v) is 4.14. The van der Waals surface area contributed by atoms with E-state index in [0.29, 0.717) is 22.6 Å². The minimum atomic E-state index is -1.19. The van der Waals surface area contributed by atoms with Gasteiger partial charge in [-0.25, -0.2) is 9.07 Å². The van der Waals surface area contributed by atoms with Gasteiger partial charge in [-0.15, -0.1) is 0 Å². The normalized spacial score (nSPS) is 20.6. The van der Waals surface area contributed by atoms with Crippen molar-refractivity contribution < 1.29 is 14.0 Å². The number of carbonyl (C=O) groups excluding carboxylic acids is 2. The molecule has 0 radical (unpaired) electrons. The Morgan fingerprint density at radius 3 is 2.67 bits per heavy atom. The molecular formula is C20H15FN4O2. The number of aromatic nitrogens is 2. The van der Waals surface area contributed by atoms with Gasteiger partial charge in [0.15, 0.2) is 0 Å². The lowest BCUT2D eigenvalue weighted by Gasteiger charge is -2.32. The Morgan fingerprint density at radius 1 is 1.11 bits per heavy atom. The van der Waals surface area contributed by atoms with Crippen LogP contribution in [0.5, 0.6) is 0 Å². The summed E-state index contributed by atoms with van der Waals surface area (Å²) in [5, 5.41) is 7.28. The molecule has 0 saturated carbocycles. The van der Waals surface area contributed by atoms with Gasteiger partial charge in [0.2, 0.25) is 11.8 Å². The van der Waals surface area contributed by atoms with Gasteiger partial charge in [-0.3, -0.25) is 9.59 Å². The summed E-state index contributed by atoms with van der Waals surface area (Å²) in [7, 11) is 1.60. The number of fused-ring (bicyclic) bond motifs is 4. The van der Waals surface area contributed by atoms with Gasteiger partial charge in [-0.2, -0.15) is 5.10 Å². The average molecular weight is 362 g/mol. The molecule has 7 heteroatoms. The van der Waals surface area contributed by atoms with Crippen LogP contribution in [-0.2, 0) is 15.0 Å². The molecule has 3 heterocycles. The molecule has 0 bridgehead atoms. The van der Waals surface area contributed by atoms with Crippen molar-refractivity contribution in [1.82, 2.24) is 9.78 Å². The topological polar surface area (TPSA) is 67.2 Å². The molecule has 27 heavy (non-hydrogen) atoms. The van der Waals surface area contributed by atoms with Crippen molar-refractivity contribution in [2.45, 2.75) is 11.8 Å². The first-order valence-corrected chi connectivity index (χ1v) is 8.54. The highest BCUT2D eigenvalue weighted by Crippen LogP contribution is 2.52. The van der Waals surface area contributed by atoms with E-state index in [-0.39, 0.29) is 18.2 Å². The second-order valence-corrected chi connectivity index (χ2v) is 6.81. The van der Waals surface area contributed by atoms with Crippen LogP contribution in [-0.4, -0.2) is 28.6 Å². The van der Waals surface area contributed by atoms with E-state index >= 15 is 0 Å². The number of likely N-dealkylation sites (N-methyl/N-ethyl adjacent to an activating group) is 1. The summed E-state index contributed by atoms with van der Waals surface area (Å²) in [5.74, 6) is -0.492. The maximum atomic E-state index is 13.8. The third-order valence-corrected chi connectivity index (χ3v) is 5.36. The molecule has 2 aromatic carbocycles. The highest BCUT2D eigenvalue weighted by atomic mass is 19.1. The molecule has 1 spiro atoms. The third-order valence-electron chi connectivity index (χ3n) is 5.36. The summed E-state index contributed by atoms with van der Waals surface area (Å²) in [5.41, 5.74) is 1.30. The molecule has 0 unspecified atom stereocenters. The molecule has 0 aliphatic carbocycles. The van der Waals surface area contributed by atoms with Crippen LogP contribution in [0.2, 0.25) is 0 Å². The van der Waals surface area contributed by atoms with Crippen LogP contribution in [0.25, 0.3) is 5.69 Å². The number of rotatable bonds is 1. The van der Waals surface area contributed by atoms with Crippen LogP contribution in [0.3, 0.4) is 0 Å². The number of benzene rings is 2. The zero-order chi connectivity index (χ0) is 18.8. The van der Waals surface area contributed by atoms with Crippen LogP contribution in [0.15, 0.2) is 54.7 Å². The SMILES string of the molecule is CN1C(=O)[C@@]2(CC(=O)Nc3c2cnn3-c2ccccc2)c2ccc(F)cc21. The fourth-order valence-electron chi connectivity index (χ4n) is 4.14. The van der Waals surface area contributed by atoms with Crippen molar-refractivity contribution in [3.63, 3.8) is 0 Å². The van der Waals surface area contributed by atoms with Crippen molar-refractivity contribution in [1.29, 1.82) is 0 Å². The van der Waals surface area contributed by atoms with E-state index < -0.39 is 11.2 Å². The highest BCUT2D eigenvalue weighted by molar-refractivity contribution is 6.15. The van der Waals surface area contributed by atoms with Crippen LogP contribution in [0, 0.1) is 5.82 Å². The van der Waals surface area contributed by atoms with Crippen molar-refractivity contribution in [3.05, 3.63) is 71.7 Å². The number of hydrogen-bond acceptors (Lipinski definition) is 3. The third kappa shape index (κ3) is 1.96. The zero-order valence-corrected chi connectivity index (χ0v) is 14.4. The largest absolute Gasteiger partial charge is 0.314 e. The number of hydrogen-bond donors (Lipinski definition) is 1. The lowest BCUT2D eigenvalue weighted by Crippen LogP contribution is -2.45. The second kappa shape index (κ2) is 5.26. The van der Waals surface area contributed by atoms with Crippen LogP contribution in [0.1, 0.15) is 17.5 Å². The van der Waals surface area contributed by atoms with Gasteiger partial charge < -0.3 is 10.2 Å². The number of amides is 2. The Bertz CT molecular complexity index is 1110. The van der Waals surface area contributed by atoms with E-state index in [9.17, 15) is 14.0 Å². The molecule has 1 aromatic heterocycles. The smallest absolute Gasteiger partial charge is 0.242 e. The number of anilines is 2. The van der Waals surface area contributed by atoms with Gasteiger partial charge in [-0.1, -0.05) is 24.3 Å². The van der Waals surface area contributed by atoms with Crippen molar-refractivity contribution in [2.75, 3.05) is 17.3 Å². The molecule has 2 aliphatic rings. The Hall–Kier alpha value is -3.48. The van der Waals surface area contributed by atoms with E-state index in [1.165, 1.54) is 17.0 Å². The summed E-state index contributed by atoms with van der Waals surface area (Å²) in [6.07, 6.45) is 1.58. The first-order chi connectivity index (χ1) is 13.0. The minimum absolute atomic E-state index is 0.0394. The molecule has 3 aromatic rings. The number of para-hydroxylation sites is 1. The predicted octanol–water partition coefficient (Wildman–Crippen LogP) is 2.62. The Balaban J connectivity index is 1.79. The van der Waals surface area contributed by atoms with Crippen molar-refractivity contribution >= 4 is 23.3 Å². The summed E-state index contributed by atoms with van der Waals surface area (Å²) in [6.45, 7) is 0. The summed E-state index contributed by atoms with van der Waals surface area (Å²) in [4.78, 5) is 27.3. The van der Waals surface area contributed by atoms with Gasteiger partial charge in [0.25, 0.3) is 0 Å². The first-order valence-electron chi connectivity index (χ1n) is 8.54. The quantitative estimate of drug-likeness (QED) is 0.724. The Kier molecular flexibility index (Phi) is 3.07. The Morgan fingerprint density at radius 2 is 1.89 bits per heavy atom. The van der Waals surface area contributed by atoms with Gasteiger partial charge in [0, 0.05) is 19.0 Å². The maximum absolute atomic E-state index is 13.8. The molecule has 1 atom stereocenters. The van der Waals surface area contributed by atoms with E-state index in [1.807, 2.05) is 30.3 Å². The van der Waals surface area contributed by atoms with E-state index in [0.717, 1.165) is 5.69 Å². The summed E-state index contributed by atoms with van der Waals surface area (Å²) < 4.78 is 15.4. The van der Waals surface area contributed by atoms with Crippen LogP contribution >= 0.6 is 0 Å². The van der Waals surface area contributed by atoms with Gasteiger partial charge >= 0.3 is 0 Å². The predicted molar refractivity (Wildman–Crippen MR) is 97.4 cm³/mol. The van der Waals surface area contributed by atoms with Crippen molar-refractivity contribution in [3.8, 4) is 5.69 Å². The molecule has 2 amide bonds. The lowest BCUT2D eigenvalue weighted by molar-refractivity contribution is -0.126. The molecule has 2 aliphatic heterocycles. The van der Waals surface area contributed by atoms with Crippen molar-refractivity contribution in [2.24, 2.45) is 0 Å². The van der Waals surface area contributed by atoms with E-state index in [4.69, 9.17) is 0 Å². The molecule has 6 nitrogen and oxygen atoms in total. The fraction of sp³-hybridized carbons (Fsp3) is 0.150. The standard InChI is InChI=1S/C20H15FN4O2/c1-24-16-9-12(21)7-8-14(16)20(19(24)27)10-17(26)23-18-15(20)11-22-25(18)13-5-3-2-4-6-13/h2-9,11H,10H2,1H3,(H,23,26)/t20-/m0/s1. The monoisotopic (exact) mass is 362 g/mol. The summed E-state index contributed by atoms with van der Waals surface area (Å²) in [6, 6.07) is 13.6. The Labute approximate surface area is 154 Å². The van der Waals surface area contributed by atoms with E-state index in [1.54, 1.807) is 24.0 Å². The lowest BCUT2D eigenvalue weighted by atomic mass is 9.72. The molecular weight excluding hydrogens is 347 g/mol. The number of nitrogens with one attached hydrogen (secondary N) is 1. The molecule has 134 valence electrons. The number of nitrogens with zero attached hydrogens (tertiary/aromatic N) is 3. The number of carbonyl (C=O) groups is 2. The second-order valence-electron chi connectivity index (χ2n) is 6.81. The average Bonchev–Trinajstić information content (AvgIpc) is 3.17. The van der Waals surface area contributed by atoms with Crippen LogP contribution < -0.4 is 10.2 Å². The zero-order valence-electron chi connectivity index (χ0n) is 14.4. The van der Waals surface area contributed by atoms with E-state index in [2.05, 4.69) is 10.4 Å². The van der Waals surface area contributed by atoms with Crippen LogP contribution in [0.4, 0.5) is 15.9 Å². The molecule has 5 rings (SSSR count).